The molecule has 2 N–H and O–H groups in total. The molecule has 4 rings (SSSR count). The van der Waals surface area contributed by atoms with Gasteiger partial charge in [-0.25, -0.2) is 4.98 Å². The normalized spacial score (nSPS) is 21.3. The Labute approximate surface area is 168 Å². The van der Waals surface area contributed by atoms with Crippen molar-refractivity contribution in [2.24, 2.45) is 5.41 Å². The fraction of sp³-hybridized carbons (Fsp3) is 0.556. The maximum Gasteiger partial charge on any atom is 0.277 e. The molecule has 2 aliphatic rings. The van der Waals surface area contributed by atoms with E-state index in [2.05, 4.69) is 34.6 Å². The molecule has 1 unspecified atom stereocenters. The molecule has 1 saturated heterocycles. The van der Waals surface area contributed by atoms with Gasteiger partial charge in [-0.15, -0.1) is 12.4 Å². The molecular formula is C18H24ClN5O2S. The minimum absolute atomic E-state index is 0. The quantitative estimate of drug-likeness (QED) is 0.813. The summed E-state index contributed by atoms with van der Waals surface area (Å²) in [5.41, 5.74) is 1.09. The molecule has 1 fully saturated rings. The molecular weight excluding hydrogens is 386 g/mol. The number of hydrogen-bond acceptors (Lipinski definition) is 6. The molecule has 1 aliphatic heterocycles. The maximum atomic E-state index is 12.5. The summed E-state index contributed by atoms with van der Waals surface area (Å²) in [4.78, 5) is 30.0. The van der Waals surface area contributed by atoms with Gasteiger partial charge in [0, 0.05) is 19.2 Å². The van der Waals surface area contributed by atoms with Crippen LogP contribution in [0.25, 0.3) is 0 Å². The number of hydrogen-bond donors (Lipinski definition) is 2. The highest BCUT2D eigenvalue weighted by Crippen LogP contribution is 2.38. The first kappa shape index (κ1) is 20.0. The Morgan fingerprint density at radius 3 is 2.96 bits per heavy atom. The molecule has 0 aromatic carbocycles. The summed E-state index contributed by atoms with van der Waals surface area (Å²) in [6.07, 6.45) is 5.30. The number of fused-ring (bicyclic) bond motifs is 1. The summed E-state index contributed by atoms with van der Waals surface area (Å²) in [6, 6.07) is 2.02. The highest BCUT2D eigenvalue weighted by molar-refractivity contribution is 7.17. The molecule has 0 bridgehead atoms. The number of piperidine rings is 1. The monoisotopic (exact) mass is 409 g/mol. The number of anilines is 1. The van der Waals surface area contributed by atoms with E-state index in [-0.39, 0.29) is 35.6 Å². The van der Waals surface area contributed by atoms with Gasteiger partial charge < -0.3 is 5.32 Å². The second-order valence-electron chi connectivity index (χ2n) is 7.87. The Hall–Kier alpha value is -1.77. The molecule has 27 heavy (non-hydrogen) atoms. The van der Waals surface area contributed by atoms with E-state index in [4.69, 9.17) is 0 Å². The van der Waals surface area contributed by atoms with Crippen molar-refractivity contribution in [3.63, 3.8) is 0 Å². The van der Waals surface area contributed by atoms with Crippen LogP contribution >= 0.6 is 23.7 Å². The topological polar surface area (TPSA) is 88.9 Å². The van der Waals surface area contributed by atoms with Crippen molar-refractivity contribution in [3.8, 4) is 0 Å². The van der Waals surface area contributed by atoms with E-state index in [0.717, 1.165) is 38.0 Å². The van der Waals surface area contributed by atoms with Gasteiger partial charge in [-0.1, -0.05) is 25.2 Å². The van der Waals surface area contributed by atoms with E-state index >= 15 is 0 Å². The van der Waals surface area contributed by atoms with Crippen molar-refractivity contribution in [3.05, 3.63) is 28.5 Å². The summed E-state index contributed by atoms with van der Waals surface area (Å²) in [5, 5.41) is 11.0. The van der Waals surface area contributed by atoms with Crippen molar-refractivity contribution in [1.82, 2.24) is 20.1 Å². The number of carbonyl (C=O) groups is 2. The standard InChI is InChI=1S/C18H23N5O2S.ClH/c1-18(2)8-13-15(14(24)9-18)26-17(20-13)21-16(25)12-5-7-23(22-12)11-4-3-6-19-10-11;/h5,7,11,19H,3-4,6,8-10H2,1-2H3,(H,20,21,25);1H. The number of nitrogens with zero attached hydrogens (tertiary/aromatic N) is 3. The van der Waals surface area contributed by atoms with Crippen molar-refractivity contribution in [2.45, 2.75) is 45.6 Å². The Bertz CT molecular complexity index is 854. The number of thiazole rings is 1. The molecule has 7 nitrogen and oxygen atoms in total. The Morgan fingerprint density at radius 1 is 1.41 bits per heavy atom. The number of ketones is 1. The summed E-state index contributed by atoms with van der Waals surface area (Å²) in [5.74, 6) is -0.173. The largest absolute Gasteiger partial charge is 0.315 e. The van der Waals surface area contributed by atoms with Gasteiger partial charge in [0.2, 0.25) is 0 Å². The van der Waals surface area contributed by atoms with E-state index in [9.17, 15) is 9.59 Å². The minimum atomic E-state index is -0.287. The SMILES string of the molecule is CC1(C)CC(=O)c2sc(NC(=O)c3ccn(C4CCCNC4)n3)nc2C1.Cl. The van der Waals surface area contributed by atoms with E-state index in [1.165, 1.54) is 11.3 Å². The number of carbonyl (C=O) groups excluding carboxylic acids is 2. The van der Waals surface area contributed by atoms with Crippen molar-refractivity contribution >= 4 is 40.6 Å². The molecule has 1 aliphatic carbocycles. The fourth-order valence-corrected chi connectivity index (χ4v) is 4.57. The van der Waals surface area contributed by atoms with E-state index in [1.807, 2.05) is 10.9 Å². The molecule has 0 saturated carbocycles. The van der Waals surface area contributed by atoms with Crippen LogP contribution in [0.3, 0.4) is 0 Å². The van der Waals surface area contributed by atoms with Crippen molar-refractivity contribution in [2.75, 3.05) is 18.4 Å². The molecule has 2 aromatic heterocycles. The van der Waals surface area contributed by atoms with E-state index in [1.54, 1.807) is 6.07 Å². The van der Waals surface area contributed by atoms with Crippen LogP contribution in [0.2, 0.25) is 0 Å². The Kier molecular flexibility index (Phi) is 5.69. The lowest BCUT2D eigenvalue weighted by Crippen LogP contribution is -2.32. The zero-order valence-electron chi connectivity index (χ0n) is 15.4. The van der Waals surface area contributed by atoms with Crippen LogP contribution in [0, 0.1) is 5.41 Å². The predicted molar refractivity (Wildman–Crippen MR) is 107 cm³/mol. The minimum Gasteiger partial charge on any atom is -0.315 e. The number of amides is 1. The third-order valence-electron chi connectivity index (χ3n) is 4.94. The van der Waals surface area contributed by atoms with Gasteiger partial charge in [0.05, 0.1) is 16.6 Å². The van der Waals surface area contributed by atoms with Crippen LogP contribution < -0.4 is 10.6 Å². The molecule has 146 valence electrons. The lowest BCUT2D eigenvalue weighted by atomic mass is 9.78. The molecule has 0 radical (unpaired) electrons. The Morgan fingerprint density at radius 2 is 2.22 bits per heavy atom. The van der Waals surface area contributed by atoms with Gasteiger partial charge in [0.15, 0.2) is 16.6 Å². The van der Waals surface area contributed by atoms with Crippen LogP contribution in [0.1, 0.15) is 65.0 Å². The second kappa shape index (κ2) is 7.69. The molecule has 0 spiro atoms. The van der Waals surface area contributed by atoms with Crippen LogP contribution in [0.15, 0.2) is 12.3 Å². The van der Waals surface area contributed by atoms with Crippen molar-refractivity contribution < 1.29 is 9.59 Å². The van der Waals surface area contributed by atoms with Crippen molar-refractivity contribution in [1.29, 1.82) is 0 Å². The number of rotatable bonds is 3. The van der Waals surface area contributed by atoms with Crippen LogP contribution in [0.4, 0.5) is 5.13 Å². The van der Waals surface area contributed by atoms with Gasteiger partial charge in [0.25, 0.3) is 5.91 Å². The van der Waals surface area contributed by atoms with Gasteiger partial charge in [0.1, 0.15) is 0 Å². The third kappa shape index (κ3) is 4.23. The molecule has 1 atom stereocenters. The van der Waals surface area contributed by atoms with Crippen LogP contribution in [-0.2, 0) is 6.42 Å². The number of Topliss-reactive ketones (excluding diaryl/α,β-unsaturated/α-hetero) is 1. The summed E-state index contributed by atoms with van der Waals surface area (Å²) >= 11 is 1.26. The fourth-order valence-electron chi connectivity index (χ4n) is 3.66. The summed E-state index contributed by atoms with van der Waals surface area (Å²) in [7, 11) is 0. The first-order valence-electron chi connectivity index (χ1n) is 9.01. The highest BCUT2D eigenvalue weighted by atomic mass is 35.5. The average Bonchev–Trinajstić information content (AvgIpc) is 3.21. The van der Waals surface area contributed by atoms with Gasteiger partial charge in [-0.2, -0.15) is 5.10 Å². The highest BCUT2D eigenvalue weighted by Gasteiger charge is 2.34. The molecule has 9 heteroatoms. The Balaban J connectivity index is 0.00000210. The molecule has 2 aromatic rings. The third-order valence-corrected chi connectivity index (χ3v) is 6.00. The number of nitrogens with one attached hydrogen (secondary N) is 2. The number of halogens is 1. The van der Waals surface area contributed by atoms with Gasteiger partial charge >= 0.3 is 0 Å². The maximum absolute atomic E-state index is 12.5. The van der Waals surface area contributed by atoms with E-state index in [0.29, 0.717) is 22.1 Å². The van der Waals surface area contributed by atoms with Gasteiger partial charge in [-0.3, -0.25) is 19.6 Å². The lowest BCUT2D eigenvalue weighted by Gasteiger charge is -2.26. The molecule has 3 heterocycles. The average molecular weight is 410 g/mol. The number of aromatic nitrogens is 3. The van der Waals surface area contributed by atoms with Crippen LogP contribution in [-0.4, -0.2) is 39.5 Å². The zero-order chi connectivity index (χ0) is 18.3. The zero-order valence-corrected chi connectivity index (χ0v) is 17.1. The summed E-state index contributed by atoms with van der Waals surface area (Å²) < 4.78 is 1.86. The molecule has 1 amide bonds. The van der Waals surface area contributed by atoms with E-state index < -0.39 is 0 Å². The first-order chi connectivity index (χ1) is 12.4. The summed E-state index contributed by atoms with van der Waals surface area (Å²) in [6.45, 7) is 6.05. The van der Waals surface area contributed by atoms with Crippen LogP contribution in [0.5, 0.6) is 0 Å². The first-order valence-corrected chi connectivity index (χ1v) is 9.83. The smallest absolute Gasteiger partial charge is 0.277 e. The second-order valence-corrected chi connectivity index (χ2v) is 8.87. The lowest BCUT2D eigenvalue weighted by molar-refractivity contribution is 0.0915. The van der Waals surface area contributed by atoms with Gasteiger partial charge in [-0.05, 0) is 37.3 Å². The predicted octanol–water partition coefficient (Wildman–Crippen LogP) is 3.09.